The third kappa shape index (κ3) is 3.02. The zero-order valence-corrected chi connectivity index (χ0v) is 12.3. The van der Waals surface area contributed by atoms with E-state index in [9.17, 15) is 9.59 Å². The van der Waals surface area contributed by atoms with Crippen LogP contribution in [-0.4, -0.2) is 17.0 Å². The van der Waals surface area contributed by atoms with Gasteiger partial charge < -0.3 is 10.4 Å². The Morgan fingerprint density at radius 2 is 2.05 bits per heavy atom. The molecule has 1 aromatic heterocycles. The summed E-state index contributed by atoms with van der Waals surface area (Å²) >= 11 is 4.41. The fraction of sp³-hybridized carbons (Fsp3) is 0.0769. The van der Waals surface area contributed by atoms with Crippen molar-refractivity contribution in [1.29, 1.82) is 0 Å². The number of anilines is 1. The fourth-order valence-electron chi connectivity index (χ4n) is 1.64. The fourth-order valence-corrected chi connectivity index (χ4v) is 2.81. The van der Waals surface area contributed by atoms with Crippen LogP contribution >= 0.6 is 27.3 Å². The number of carbonyl (C=O) groups is 2. The van der Waals surface area contributed by atoms with Gasteiger partial charge in [0.1, 0.15) is 4.88 Å². The summed E-state index contributed by atoms with van der Waals surface area (Å²) in [6.07, 6.45) is 0. The molecule has 19 heavy (non-hydrogen) atoms. The molecule has 0 aliphatic heterocycles. The van der Waals surface area contributed by atoms with Gasteiger partial charge in [0.25, 0.3) is 5.91 Å². The van der Waals surface area contributed by atoms with E-state index in [1.807, 2.05) is 13.0 Å². The number of carboxylic acids is 1. The number of rotatable bonds is 3. The summed E-state index contributed by atoms with van der Waals surface area (Å²) in [5.74, 6) is -1.36. The van der Waals surface area contributed by atoms with Crippen molar-refractivity contribution in [3.05, 3.63) is 50.1 Å². The Morgan fingerprint density at radius 3 is 2.68 bits per heavy atom. The van der Waals surface area contributed by atoms with E-state index < -0.39 is 5.97 Å². The highest BCUT2D eigenvalue weighted by atomic mass is 79.9. The van der Waals surface area contributed by atoms with Crippen LogP contribution in [0.3, 0.4) is 0 Å². The van der Waals surface area contributed by atoms with E-state index in [1.165, 1.54) is 0 Å². The molecule has 98 valence electrons. The molecule has 1 amide bonds. The van der Waals surface area contributed by atoms with Crippen LogP contribution < -0.4 is 5.32 Å². The molecule has 1 aromatic carbocycles. The Balaban J connectivity index is 2.26. The van der Waals surface area contributed by atoms with Crippen molar-refractivity contribution in [3.63, 3.8) is 0 Å². The van der Waals surface area contributed by atoms with Crippen molar-refractivity contribution in [3.8, 4) is 0 Å². The number of hydrogen-bond acceptors (Lipinski definition) is 3. The van der Waals surface area contributed by atoms with E-state index in [2.05, 4.69) is 21.2 Å². The molecular weight excluding hydrogens is 330 g/mol. The molecule has 2 N–H and O–H groups in total. The lowest BCUT2D eigenvalue weighted by Crippen LogP contribution is -2.14. The number of carbonyl (C=O) groups excluding carboxylic acids is 1. The Morgan fingerprint density at radius 1 is 1.32 bits per heavy atom. The van der Waals surface area contributed by atoms with E-state index in [4.69, 9.17) is 5.11 Å². The van der Waals surface area contributed by atoms with E-state index in [-0.39, 0.29) is 10.8 Å². The summed E-state index contributed by atoms with van der Waals surface area (Å²) in [6.45, 7) is 1.82. The zero-order chi connectivity index (χ0) is 14.0. The minimum atomic E-state index is -1.04. The molecule has 0 saturated carbocycles. The lowest BCUT2D eigenvalue weighted by molar-refractivity contribution is 0.0703. The summed E-state index contributed by atoms with van der Waals surface area (Å²) < 4.78 is 0.892. The van der Waals surface area contributed by atoms with Crippen molar-refractivity contribution in [2.75, 3.05) is 5.32 Å². The van der Waals surface area contributed by atoms with E-state index >= 15 is 0 Å². The number of hydrogen-bond donors (Lipinski definition) is 2. The minimum absolute atomic E-state index is 0.128. The predicted molar refractivity (Wildman–Crippen MR) is 78.1 cm³/mol. The average molecular weight is 340 g/mol. The second-order valence-electron chi connectivity index (χ2n) is 3.88. The van der Waals surface area contributed by atoms with Crippen molar-refractivity contribution < 1.29 is 14.7 Å². The van der Waals surface area contributed by atoms with Crippen LogP contribution in [0.25, 0.3) is 0 Å². The molecule has 0 unspecified atom stereocenters. The van der Waals surface area contributed by atoms with Crippen LogP contribution in [0, 0.1) is 6.92 Å². The first-order chi connectivity index (χ1) is 8.99. The molecule has 0 saturated heterocycles. The molecule has 0 bridgehead atoms. The minimum Gasteiger partial charge on any atom is -0.477 e. The number of aromatic carboxylic acids is 1. The molecule has 4 nitrogen and oxygen atoms in total. The second-order valence-corrected chi connectivity index (χ2v) is 5.71. The largest absolute Gasteiger partial charge is 0.477 e. The first kappa shape index (κ1) is 13.8. The molecule has 0 radical (unpaired) electrons. The number of carboxylic acid groups (broad SMARTS) is 1. The van der Waals surface area contributed by atoms with Crippen LogP contribution in [0.4, 0.5) is 5.69 Å². The summed E-state index contributed by atoms with van der Waals surface area (Å²) in [4.78, 5) is 23.2. The molecule has 0 aliphatic carbocycles. The van der Waals surface area contributed by atoms with Gasteiger partial charge in [0.15, 0.2) is 0 Å². The van der Waals surface area contributed by atoms with Crippen LogP contribution in [0.2, 0.25) is 0 Å². The van der Waals surface area contributed by atoms with Gasteiger partial charge in [-0.25, -0.2) is 4.79 Å². The van der Waals surface area contributed by atoms with Crippen LogP contribution in [0.5, 0.6) is 0 Å². The molecule has 0 fully saturated rings. The van der Waals surface area contributed by atoms with Crippen LogP contribution in [0.15, 0.2) is 34.1 Å². The van der Waals surface area contributed by atoms with Gasteiger partial charge in [0.2, 0.25) is 0 Å². The predicted octanol–water partition coefficient (Wildman–Crippen LogP) is 3.77. The highest BCUT2D eigenvalue weighted by Crippen LogP contribution is 2.23. The normalized spacial score (nSPS) is 10.2. The van der Waals surface area contributed by atoms with Gasteiger partial charge in [-0.1, -0.05) is 15.9 Å². The lowest BCUT2D eigenvalue weighted by Gasteiger charge is -2.07. The molecule has 2 aromatic rings. The van der Waals surface area contributed by atoms with Gasteiger partial charge >= 0.3 is 5.97 Å². The second kappa shape index (κ2) is 5.54. The third-order valence-electron chi connectivity index (χ3n) is 2.54. The molecule has 0 spiro atoms. The Kier molecular flexibility index (Phi) is 4.01. The Bertz CT molecular complexity index is 651. The highest BCUT2D eigenvalue weighted by Gasteiger charge is 2.16. The molecule has 0 atom stereocenters. The van der Waals surface area contributed by atoms with Gasteiger partial charge in [-0.05, 0) is 42.1 Å². The number of benzene rings is 1. The van der Waals surface area contributed by atoms with Gasteiger partial charge in [0.05, 0.1) is 5.69 Å². The maximum Gasteiger partial charge on any atom is 0.348 e. The standard InChI is InChI=1S/C13H10BrNO3S/c1-7-6-8(14)2-3-9(7)12(16)15-10-4-5-19-11(10)13(17)18/h2-6H,1H3,(H,15,16)(H,17,18). The Hall–Kier alpha value is -1.66. The van der Waals surface area contributed by atoms with Crippen molar-refractivity contribution in [2.45, 2.75) is 6.92 Å². The summed E-state index contributed by atoms with van der Waals surface area (Å²) in [6, 6.07) is 6.88. The van der Waals surface area contributed by atoms with Crippen molar-refractivity contribution in [2.24, 2.45) is 0 Å². The van der Waals surface area contributed by atoms with Crippen molar-refractivity contribution in [1.82, 2.24) is 0 Å². The summed E-state index contributed by atoms with van der Waals surface area (Å²) in [5, 5.41) is 13.2. The number of thiophene rings is 1. The third-order valence-corrected chi connectivity index (χ3v) is 3.94. The quantitative estimate of drug-likeness (QED) is 0.894. The first-order valence-corrected chi connectivity index (χ1v) is 7.04. The Labute approximate surface area is 122 Å². The first-order valence-electron chi connectivity index (χ1n) is 5.37. The summed E-state index contributed by atoms with van der Waals surface area (Å²) in [7, 11) is 0. The SMILES string of the molecule is Cc1cc(Br)ccc1C(=O)Nc1ccsc1C(=O)O. The number of halogens is 1. The smallest absolute Gasteiger partial charge is 0.348 e. The van der Waals surface area contributed by atoms with Gasteiger partial charge in [-0.3, -0.25) is 4.79 Å². The topological polar surface area (TPSA) is 66.4 Å². The van der Waals surface area contributed by atoms with E-state index in [1.54, 1.807) is 23.6 Å². The van der Waals surface area contributed by atoms with Crippen LogP contribution in [0.1, 0.15) is 25.6 Å². The molecular formula is C13H10BrNO3S. The number of aryl methyl sites for hydroxylation is 1. The molecule has 1 heterocycles. The number of nitrogens with one attached hydrogen (secondary N) is 1. The lowest BCUT2D eigenvalue weighted by atomic mass is 10.1. The van der Waals surface area contributed by atoms with Gasteiger partial charge in [-0.15, -0.1) is 11.3 Å². The van der Waals surface area contributed by atoms with Gasteiger partial charge in [-0.2, -0.15) is 0 Å². The van der Waals surface area contributed by atoms with Gasteiger partial charge in [0, 0.05) is 10.0 Å². The highest BCUT2D eigenvalue weighted by molar-refractivity contribution is 9.10. The number of amides is 1. The average Bonchev–Trinajstić information content (AvgIpc) is 2.76. The molecule has 0 aliphatic rings. The van der Waals surface area contributed by atoms with E-state index in [0.717, 1.165) is 21.4 Å². The molecule has 2 rings (SSSR count). The maximum atomic E-state index is 12.1. The zero-order valence-electron chi connectivity index (χ0n) is 9.94. The monoisotopic (exact) mass is 339 g/mol. The maximum absolute atomic E-state index is 12.1. The summed E-state index contributed by atoms with van der Waals surface area (Å²) in [5.41, 5.74) is 1.66. The van der Waals surface area contributed by atoms with E-state index in [0.29, 0.717) is 11.3 Å². The van der Waals surface area contributed by atoms with Crippen molar-refractivity contribution >= 4 is 44.8 Å². The van der Waals surface area contributed by atoms with Crippen LogP contribution in [-0.2, 0) is 0 Å². The molecule has 6 heteroatoms.